The van der Waals surface area contributed by atoms with Crippen molar-refractivity contribution in [3.05, 3.63) is 40.2 Å². The Hall–Kier alpha value is -1.55. The third kappa shape index (κ3) is 2.53. The first kappa shape index (κ1) is 13.1. The van der Waals surface area contributed by atoms with Gasteiger partial charge in [0.15, 0.2) is 5.82 Å². The third-order valence-electron chi connectivity index (χ3n) is 4.57. The Morgan fingerprint density at radius 3 is 3.00 bits per heavy atom. The van der Waals surface area contributed by atoms with Gasteiger partial charge in [0.2, 0.25) is 0 Å². The van der Waals surface area contributed by atoms with Crippen molar-refractivity contribution in [1.82, 2.24) is 4.98 Å². The lowest BCUT2D eigenvalue weighted by atomic mass is 9.94. The van der Waals surface area contributed by atoms with E-state index in [4.69, 9.17) is 0 Å². The summed E-state index contributed by atoms with van der Waals surface area (Å²) in [4.78, 5) is 8.61. The summed E-state index contributed by atoms with van der Waals surface area (Å²) >= 11 is 1.90. The third-order valence-corrected chi connectivity index (χ3v) is 5.57. The number of rotatable bonds is 3. The first-order valence-corrected chi connectivity index (χ1v) is 8.82. The largest absolute Gasteiger partial charge is 0.375 e. The summed E-state index contributed by atoms with van der Waals surface area (Å²) in [6.07, 6.45) is 8.23. The Balaban J connectivity index is 1.61. The number of thiophene rings is 1. The Labute approximate surface area is 130 Å². The Morgan fingerprint density at radius 2 is 2.10 bits per heavy atom. The summed E-state index contributed by atoms with van der Waals surface area (Å²) in [5.41, 5.74) is 2.70. The van der Waals surface area contributed by atoms with Gasteiger partial charge in [-0.1, -0.05) is 0 Å². The Morgan fingerprint density at radius 1 is 1.19 bits per heavy atom. The zero-order valence-electron chi connectivity index (χ0n) is 12.2. The maximum Gasteiger partial charge on any atom is 0.151 e. The number of anilines is 2. The van der Waals surface area contributed by atoms with Crippen LogP contribution in [-0.4, -0.2) is 18.1 Å². The number of aryl methyl sites for hydroxylation is 1. The molecule has 0 saturated carbocycles. The SMILES string of the molecule is c1cnc(N2CCCC2)c(NC2CCCc3sccc32)c1. The van der Waals surface area contributed by atoms with Gasteiger partial charge in [0.25, 0.3) is 0 Å². The molecular formula is C17H21N3S. The van der Waals surface area contributed by atoms with Crippen LogP contribution in [0.15, 0.2) is 29.8 Å². The monoisotopic (exact) mass is 299 g/mol. The molecule has 1 atom stereocenters. The van der Waals surface area contributed by atoms with Gasteiger partial charge in [-0.15, -0.1) is 11.3 Å². The number of fused-ring (bicyclic) bond motifs is 1. The van der Waals surface area contributed by atoms with E-state index >= 15 is 0 Å². The predicted octanol–water partition coefficient (Wildman–Crippen LogP) is 4.23. The van der Waals surface area contributed by atoms with Crippen molar-refractivity contribution in [2.75, 3.05) is 23.3 Å². The minimum Gasteiger partial charge on any atom is -0.375 e. The van der Waals surface area contributed by atoms with E-state index < -0.39 is 0 Å². The first-order chi connectivity index (χ1) is 10.4. The highest BCUT2D eigenvalue weighted by Gasteiger charge is 2.23. The van der Waals surface area contributed by atoms with Gasteiger partial charge in [0, 0.05) is 24.2 Å². The highest BCUT2D eigenvalue weighted by Crippen LogP contribution is 2.37. The van der Waals surface area contributed by atoms with Gasteiger partial charge in [-0.2, -0.15) is 0 Å². The van der Waals surface area contributed by atoms with E-state index in [0.29, 0.717) is 6.04 Å². The van der Waals surface area contributed by atoms with Crippen molar-refractivity contribution >= 4 is 22.8 Å². The zero-order valence-corrected chi connectivity index (χ0v) is 13.0. The highest BCUT2D eigenvalue weighted by molar-refractivity contribution is 7.10. The summed E-state index contributed by atoms with van der Waals surface area (Å²) in [6.45, 7) is 2.28. The Bertz CT molecular complexity index is 616. The van der Waals surface area contributed by atoms with Crippen molar-refractivity contribution in [2.24, 2.45) is 0 Å². The fourth-order valence-corrected chi connectivity index (χ4v) is 4.50. The van der Waals surface area contributed by atoms with E-state index in [1.54, 1.807) is 4.88 Å². The van der Waals surface area contributed by atoms with E-state index in [1.165, 1.54) is 43.4 Å². The lowest BCUT2D eigenvalue weighted by Crippen LogP contribution is -2.22. The molecule has 0 aromatic carbocycles. The molecule has 1 aliphatic carbocycles. The fourth-order valence-electron chi connectivity index (χ4n) is 3.51. The molecule has 1 fully saturated rings. The second-order valence-corrected chi connectivity index (χ2v) is 6.96. The molecule has 2 aliphatic rings. The first-order valence-electron chi connectivity index (χ1n) is 7.94. The van der Waals surface area contributed by atoms with Crippen LogP contribution in [0.3, 0.4) is 0 Å². The molecule has 110 valence electrons. The standard InChI is InChI=1S/C17H21N3S/c1-2-11-20(10-1)17-15(6-4-9-18-17)19-14-5-3-7-16-13(14)8-12-21-16/h4,6,8-9,12,14,19H,1-3,5,7,10-11H2. The summed E-state index contributed by atoms with van der Waals surface area (Å²) < 4.78 is 0. The number of aromatic nitrogens is 1. The number of pyridine rings is 1. The molecule has 21 heavy (non-hydrogen) atoms. The van der Waals surface area contributed by atoms with Crippen molar-refractivity contribution < 1.29 is 0 Å². The van der Waals surface area contributed by atoms with E-state index in [-0.39, 0.29) is 0 Å². The van der Waals surface area contributed by atoms with Gasteiger partial charge >= 0.3 is 0 Å². The molecule has 4 rings (SSSR count). The summed E-state index contributed by atoms with van der Waals surface area (Å²) in [5.74, 6) is 1.14. The minimum absolute atomic E-state index is 0.450. The van der Waals surface area contributed by atoms with Gasteiger partial charge < -0.3 is 10.2 Å². The molecule has 2 aromatic rings. The second kappa shape index (κ2) is 5.68. The van der Waals surface area contributed by atoms with Crippen LogP contribution in [-0.2, 0) is 6.42 Å². The summed E-state index contributed by atoms with van der Waals surface area (Å²) in [5, 5.41) is 6.00. The predicted molar refractivity (Wildman–Crippen MR) is 89.3 cm³/mol. The molecule has 0 amide bonds. The van der Waals surface area contributed by atoms with Gasteiger partial charge in [-0.05, 0) is 61.2 Å². The van der Waals surface area contributed by atoms with Crippen LogP contribution >= 0.6 is 11.3 Å². The molecule has 1 unspecified atom stereocenters. The van der Waals surface area contributed by atoms with Gasteiger partial charge in [-0.25, -0.2) is 4.98 Å². The smallest absolute Gasteiger partial charge is 0.151 e. The van der Waals surface area contributed by atoms with Crippen molar-refractivity contribution in [3.8, 4) is 0 Å². The average molecular weight is 299 g/mol. The quantitative estimate of drug-likeness (QED) is 0.919. The molecule has 4 heteroatoms. The summed E-state index contributed by atoms with van der Waals surface area (Å²) in [7, 11) is 0. The van der Waals surface area contributed by atoms with Crippen molar-refractivity contribution in [2.45, 2.75) is 38.1 Å². The zero-order chi connectivity index (χ0) is 14.1. The van der Waals surface area contributed by atoms with Crippen LogP contribution in [0.4, 0.5) is 11.5 Å². The molecule has 1 aliphatic heterocycles. The highest BCUT2D eigenvalue weighted by atomic mass is 32.1. The molecule has 1 N–H and O–H groups in total. The van der Waals surface area contributed by atoms with Gasteiger partial charge in [0.05, 0.1) is 11.7 Å². The molecule has 0 spiro atoms. The van der Waals surface area contributed by atoms with Crippen LogP contribution in [0.5, 0.6) is 0 Å². The van der Waals surface area contributed by atoms with Crippen LogP contribution in [0, 0.1) is 0 Å². The normalized spacial score (nSPS) is 21.3. The topological polar surface area (TPSA) is 28.2 Å². The minimum atomic E-state index is 0.450. The Kier molecular flexibility index (Phi) is 3.55. The fraction of sp³-hybridized carbons (Fsp3) is 0.471. The molecule has 2 aromatic heterocycles. The van der Waals surface area contributed by atoms with Crippen molar-refractivity contribution in [3.63, 3.8) is 0 Å². The molecule has 3 heterocycles. The molecule has 0 bridgehead atoms. The van der Waals surface area contributed by atoms with Crippen LogP contribution in [0.1, 0.15) is 42.2 Å². The molecule has 0 radical (unpaired) electrons. The van der Waals surface area contributed by atoms with E-state index in [2.05, 4.69) is 32.7 Å². The van der Waals surface area contributed by atoms with Crippen molar-refractivity contribution in [1.29, 1.82) is 0 Å². The van der Waals surface area contributed by atoms with Gasteiger partial charge in [0.1, 0.15) is 0 Å². The second-order valence-electron chi connectivity index (χ2n) is 5.96. The average Bonchev–Trinajstić information content (AvgIpc) is 3.20. The maximum absolute atomic E-state index is 4.64. The summed E-state index contributed by atoms with van der Waals surface area (Å²) in [6, 6.07) is 6.97. The molecule has 3 nitrogen and oxygen atoms in total. The number of nitrogens with one attached hydrogen (secondary N) is 1. The maximum atomic E-state index is 4.64. The molecular weight excluding hydrogens is 278 g/mol. The van der Waals surface area contributed by atoms with E-state index in [9.17, 15) is 0 Å². The lowest BCUT2D eigenvalue weighted by molar-refractivity contribution is 0.608. The van der Waals surface area contributed by atoms with Crippen LogP contribution in [0.25, 0.3) is 0 Å². The van der Waals surface area contributed by atoms with Gasteiger partial charge in [-0.3, -0.25) is 0 Å². The number of hydrogen-bond donors (Lipinski definition) is 1. The van der Waals surface area contributed by atoms with E-state index in [1.807, 2.05) is 23.6 Å². The van der Waals surface area contributed by atoms with Crippen LogP contribution < -0.4 is 10.2 Å². The van der Waals surface area contributed by atoms with Crippen LogP contribution in [0.2, 0.25) is 0 Å². The number of hydrogen-bond acceptors (Lipinski definition) is 4. The van der Waals surface area contributed by atoms with E-state index in [0.717, 1.165) is 18.9 Å². The molecule has 1 saturated heterocycles. The lowest BCUT2D eigenvalue weighted by Gasteiger charge is -2.27. The number of nitrogens with zero attached hydrogens (tertiary/aromatic N) is 2.